The summed E-state index contributed by atoms with van der Waals surface area (Å²) in [4.78, 5) is 49.7. The lowest BCUT2D eigenvalue weighted by Crippen LogP contribution is -2.50. The molecule has 0 aliphatic rings. The van der Waals surface area contributed by atoms with Gasteiger partial charge in [0.05, 0.1) is 34.3 Å². The number of esters is 1. The summed E-state index contributed by atoms with van der Waals surface area (Å²) in [5.74, 6) is -1.98. The van der Waals surface area contributed by atoms with Crippen LogP contribution in [0.3, 0.4) is 0 Å². The average molecular weight is 557 g/mol. The van der Waals surface area contributed by atoms with Crippen LogP contribution in [0.15, 0.2) is 66.7 Å². The highest BCUT2D eigenvalue weighted by molar-refractivity contribution is 6.41. The van der Waals surface area contributed by atoms with E-state index in [9.17, 15) is 19.2 Å². The molecule has 0 aliphatic carbocycles. The van der Waals surface area contributed by atoms with Crippen LogP contribution in [0.4, 0.5) is 10.5 Å². The molecule has 0 heterocycles. The Morgan fingerprint density at radius 2 is 1.66 bits per heavy atom. The second-order valence-electron chi connectivity index (χ2n) is 8.36. The van der Waals surface area contributed by atoms with Crippen molar-refractivity contribution in [2.75, 3.05) is 11.9 Å². The maximum atomic E-state index is 13.1. The van der Waals surface area contributed by atoms with Gasteiger partial charge in [0, 0.05) is 0 Å². The van der Waals surface area contributed by atoms with Gasteiger partial charge < -0.3 is 26.4 Å². The van der Waals surface area contributed by atoms with Crippen LogP contribution in [-0.4, -0.2) is 36.4 Å². The average Bonchev–Trinajstić information content (AvgIpc) is 2.87. The highest BCUT2D eigenvalue weighted by atomic mass is 35.5. The molecule has 11 heteroatoms. The van der Waals surface area contributed by atoms with Crippen LogP contribution in [0, 0.1) is 6.92 Å². The highest BCUT2D eigenvalue weighted by Crippen LogP contribution is 2.32. The third-order valence-electron chi connectivity index (χ3n) is 5.33. The summed E-state index contributed by atoms with van der Waals surface area (Å²) >= 11 is 12.7. The van der Waals surface area contributed by atoms with Crippen molar-refractivity contribution >= 4 is 52.7 Å². The molecule has 4 amide bonds. The number of rotatable bonds is 10. The lowest BCUT2D eigenvalue weighted by molar-refractivity contribution is -0.147. The number of carbonyl (C=O) groups is 4. The van der Waals surface area contributed by atoms with Gasteiger partial charge in [-0.2, -0.15) is 0 Å². The van der Waals surface area contributed by atoms with Crippen molar-refractivity contribution in [3.05, 3.63) is 99.0 Å². The fourth-order valence-corrected chi connectivity index (χ4v) is 4.10. The zero-order valence-corrected chi connectivity index (χ0v) is 21.9. The van der Waals surface area contributed by atoms with E-state index in [1.807, 2.05) is 37.3 Å². The summed E-state index contributed by atoms with van der Waals surface area (Å²) < 4.78 is 5.29. The Balaban J connectivity index is 1.74. The fraction of sp³-hybridized carbons (Fsp3) is 0.185. The van der Waals surface area contributed by atoms with Gasteiger partial charge in [0.1, 0.15) is 12.6 Å². The molecule has 38 heavy (non-hydrogen) atoms. The summed E-state index contributed by atoms with van der Waals surface area (Å²) in [5, 5.41) is 7.29. The molecule has 0 radical (unpaired) electrons. The number of hydrogen-bond acceptors (Lipinski definition) is 5. The molecule has 3 rings (SSSR count). The van der Waals surface area contributed by atoms with Crippen LogP contribution in [0.1, 0.15) is 27.0 Å². The summed E-state index contributed by atoms with van der Waals surface area (Å²) in [7, 11) is 0. The number of halogens is 2. The number of benzene rings is 3. The molecule has 0 aromatic heterocycles. The van der Waals surface area contributed by atoms with Gasteiger partial charge >= 0.3 is 12.0 Å². The van der Waals surface area contributed by atoms with Gasteiger partial charge in [0.15, 0.2) is 0 Å². The number of primary amides is 1. The van der Waals surface area contributed by atoms with Gasteiger partial charge in [-0.15, -0.1) is 0 Å². The molecule has 0 bridgehead atoms. The first-order chi connectivity index (χ1) is 18.1. The number of anilines is 1. The zero-order chi connectivity index (χ0) is 27.7. The van der Waals surface area contributed by atoms with Crippen LogP contribution < -0.4 is 21.7 Å². The van der Waals surface area contributed by atoms with Gasteiger partial charge in [-0.25, -0.2) is 9.59 Å². The second kappa shape index (κ2) is 13.5. The maximum absolute atomic E-state index is 13.1. The molecule has 1 atom stereocenters. The summed E-state index contributed by atoms with van der Waals surface area (Å²) in [6, 6.07) is 17.1. The topological polar surface area (TPSA) is 140 Å². The number of hydrogen-bond donors (Lipinski definition) is 4. The van der Waals surface area contributed by atoms with E-state index in [0.717, 1.165) is 16.7 Å². The maximum Gasteiger partial charge on any atom is 0.330 e. The van der Waals surface area contributed by atoms with Crippen molar-refractivity contribution in [3.63, 3.8) is 0 Å². The number of carbonyl (C=O) groups excluding carboxylic acids is 4. The Labute approximate surface area is 229 Å². The van der Waals surface area contributed by atoms with E-state index in [2.05, 4.69) is 16.0 Å². The van der Waals surface area contributed by atoms with Gasteiger partial charge in [-0.05, 0) is 30.2 Å². The Hall–Kier alpha value is -4.08. The summed E-state index contributed by atoms with van der Waals surface area (Å²) in [6.45, 7) is 1.54. The number of nitrogens with one attached hydrogen (secondary N) is 3. The van der Waals surface area contributed by atoms with Crippen LogP contribution in [0.25, 0.3) is 0 Å². The lowest BCUT2D eigenvalue weighted by atomic mass is 10.1. The Morgan fingerprint density at radius 3 is 2.34 bits per heavy atom. The van der Waals surface area contributed by atoms with Crippen LogP contribution in [0.2, 0.25) is 10.0 Å². The first-order valence-corrected chi connectivity index (χ1v) is 12.3. The number of urea groups is 1. The van der Waals surface area contributed by atoms with E-state index < -0.39 is 23.9 Å². The van der Waals surface area contributed by atoms with Crippen molar-refractivity contribution in [2.45, 2.75) is 26.0 Å². The molecule has 0 saturated carbocycles. The smallest absolute Gasteiger partial charge is 0.330 e. The number of amides is 4. The fourth-order valence-electron chi connectivity index (χ4n) is 3.51. The molecule has 5 N–H and O–H groups in total. The minimum Gasteiger partial charge on any atom is -0.459 e. The van der Waals surface area contributed by atoms with E-state index >= 15 is 0 Å². The standard InChI is InChI=1S/C27H26Cl2N4O5/c1-16-6-5-9-18(12-16)13-22(34)32-20-11-10-19(28)23(24(20)29)25(35)33-21(14-31-27(30)37)26(36)38-15-17-7-3-2-4-8-17/h2-12,21H,13-15H2,1H3,(H,32,34)(H,33,35)(H3,30,31,37)/t21-/m0/s1. The third kappa shape index (κ3) is 8.22. The molecular formula is C27H26Cl2N4O5. The highest BCUT2D eigenvalue weighted by Gasteiger charge is 2.27. The molecule has 198 valence electrons. The van der Waals surface area contributed by atoms with Crippen molar-refractivity contribution in [1.82, 2.24) is 10.6 Å². The Bertz CT molecular complexity index is 1330. The minimum absolute atomic E-state index is 0.0107. The minimum atomic E-state index is -1.30. The molecule has 0 saturated heterocycles. The van der Waals surface area contributed by atoms with Gasteiger partial charge in [0.2, 0.25) is 5.91 Å². The van der Waals surface area contributed by atoms with Gasteiger partial charge in [-0.3, -0.25) is 9.59 Å². The van der Waals surface area contributed by atoms with E-state index in [-0.39, 0.29) is 46.8 Å². The van der Waals surface area contributed by atoms with Crippen LogP contribution in [0.5, 0.6) is 0 Å². The molecule has 0 spiro atoms. The number of ether oxygens (including phenoxy) is 1. The Morgan fingerprint density at radius 1 is 0.947 bits per heavy atom. The second-order valence-corrected chi connectivity index (χ2v) is 9.15. The largest absolute Gasteiger partial charge is 0.459 e. The normalized spacial score (nSPS) is 11.2. The van der Waals surface area contributed by atoms with E-state index in [0.29, 0.717) is 0 Å². The molecule has 0 aliphatic heterocycles. The van der Waals surface area contributed by atoms with Crippen LogP contribution in [-0.2, 0) is 27.4 Å². The Kier molecular flexibility index (Phi) is 10.1. The molecule has 0 fully saturated rings. The molecule has 3 aromatic rings. The first kappa shape index (κ1) is 28.5. The van der Waals surface area contributed by atoms with E-state index in [4.69, 9.17) is 33.7 Å². The van der Waals surface area contributed by atoms with Crippen molar-refractivity contribution in [3.8, 4) is 0 Å². The van der Waals surface area contributed by atoms with Gasteiger partial charge in [-0.1, -0.05) is 83.4 Å². The third-order valence-corrected chi connectivity index (χ3v) is 6.04. The molecular weight excluding hydrogens is 531 g/mol. The molecule has 3 aromatic carbocycles. The van der Waals surface area contributed by atoms with E-state index in [1.165, 1.54) is 12.1 Å². The number of nitrogens with two attached hydrogens (primary N) is 1. The predicted molar refractivity (Wildman–Crippen MR) is 145 cm³/mol. The van der Waals surface area contributed by atoms with Crippen molar-refractivity contribution in [1.29, 1.82) is 0 Å². The monoisotopic (exact) mass is 556 g/mol. The first-order valence-electron chi connectivity index (χ1n) is 11.5. The quantitative estimate of drug-likeness (QED) is 0.279. The van der Waals surface area contributed by atoms with Crippen LogP contribution >= 0.6 is 23.2 Å². The van der Waals surface area contributed by atoms with Gasteiger partial charge in [0.25, 0.3) is 5.91 Å². The summed E-state index contributed by atoms with van der Waals surface area (Å²) in [5.41, 5.74) is 7.68. The van der Waals surface area contributed by atoms with Crippen molar-refractivity contribution < 1.29 is 23.9 Å². The van der Waals surface area contributed by atoms with Crippen molar-refractivity contribution in [2.24, 2.45) is 5.73 Å². The predicted octanol–water partition coefficient (Wildman–Crippen LogP) is 3.99. The molecule has 0 unspecified atom stereocenters. The number of aryl methyl sites for hydroxylation is 1. The van der Waals surface area contributed by atoms with E-state index in [1.54, 1.807) is 24.3 Å². The molecule has 9 nitrogen and oxygen atoms in total. The lowest BCUT2D eigenvalue weighted by Gasteiger charge is -2.19. The zero-order valence-electron chi connectivity index (χ0n) is 20.4. The SMILES string of the molecule is Cc1cccc(CC(=O)Nc2ccc(Cl)c(C(=O)N[C@@H](CNC(N)=O)C(=O)OCc3ccccc3)c2Cl)c1. The summed E-state index contributed by atoms with van der Waals surface area (Å²) in [6.07, 6.45) is 0.0935.